The topological polar surface area (TPSA) is 109 Å². The highest BCUT2D eigenvalue weighted by atomic mass is 32.2. The molecule has 0 aliphatic carbocycles. The molecule has 1 heterocycles. The van der Waals surface area contributed by atoms with E-state index in [4.69, 9.17) is 4.74 Å². The molecule has 0 atom stereocenters. The quantitative estimate of drug-likeness (QED) is 0.219. The molecular weight excluding hydrogens is 474 g/mol. The summed E-state index contributed by atoms with van der Waals surface area (Å²) in [6, 6.07) is 21.5. The second-order valence-corrected chi connectivity index (χ2v) is 9.92. The fraction of sp³-hybridized carbons (Fsp3) is 0.125. The summed E-state index contributed by atoms with van der Waals surface area (Å²) in [5, 5.41) is 3.07. The van der Waals surface area contributed by atoms with Crippen molar-refractivity contribution in [3.63, 3.8) is 0 Å². The van der Waals surface area contributed by atoms with Crippen LogP contribution < -0.4 is 9.29 Å². The van der Waals surface area contributed by atoms with Gasteiger partial charge in [0.05, 0.1) is 17.9 Å². The Kier molecular flexibility index (Phi) is 6.99. The lowest BCUT2D eigenvalue weighted by atomic mass is 10.2. The average Bonchev–Trinajstić information content (AvgIpc) is 3.23. The minimum atomic E-state index is -3.89. The molecule has 0 spiro atoms. The third-order valence-corrected chi connectivity index (χ3v) is 7.66. The summed E-state index contributed by atoms with van der Waals surface area (Å²) >= 11 is 1.08. The molecular formula is C24H22N3O5S2+. The van der Waals surface area contributed by atoms with Crippen molar-refractivity contribution in [3.8, 4) is 0 Å². The third kappa shape index (κ3) is 4.97. The van der Waals surface area contributed by atoms with Crippen LogP contribution in [0.4, 0.5) is 5.69 Å². The number of nitrogens with one attached hydrogen (secondary N) is 2. The Morgan fingerprint density at radius 1 is 0.971 bits per heavy atom. The molecule has 0 bridgehead atoms. The first-order valence-electron chi connectivity index (χ1n) is 10.4. The van der Waals surface area contributed by atoms with E-state index < -0.39 is 16.0 Å². The lowest BCUT2D eigenvalue weighted by Gasteiger charge is -2.06. The maximum atomic E-state index is 13.4. The number of hydrogen-bond donors (Lipinski definition) is 2. The number of H-pyrrole nitrogens is 1. The molecule has 0 saturated heterocycles. The number of aromatic nitrogens is 2. The van der Waals surface area contributed by atoms with Gasteiger partial charge in [0, 0.05) is 5.69 Å². The number of carbonyl (C=O) groups excluding carboxylic acids is 2. The van der Waals surface area contributed by atoms with Crippen LogP contribution in [0.2, 0.25) is 0 Å². The zero-order chi connectivity index (χ0) is 24.1. The highest BCUT2D eigenvalue weighted by molar-refractivity contribution is 8.00. The fourth-order valence-corrected chi connectivity index (χ4v) is 5.88. The lowest BCUT2D eigenvalue weighted by Crippen LogP contribution is -2.44. The second-order valence-electron chi connectivity index (χ2n) is 7.16. The highest BCUT2D eigenvalue weighted by Crippen LogP contribution is 2.22. The zero-order valence-corrected chi connectivity index (χ0v) is 19.9. The first kappa shape index (κ1) is 23.5. The number of rotatable bonds is 8. The van der Waals surface area contributed by atoms with E-state index in [1.807, 2.05) is 0 Å². The van der Waals surface area contributed by atoms with E-state index in [9.17, 15) is 18.0 Å². The Labute approximate surface area is 201 Å². The van der Waals surface area contributed by atoms with Crippen LogP contribution in [0, 0.1) is 0 Å². The third-order valence-electron chi connectivity index (χ3n) is 4.85. The molecule has 1 amide bonds. The minimum Gasteiger partial charge on any atom is -0.462 e. The molecule has 1 aromatic heterocycles. The number of benzene rings is 3. The van der Waals surface area contributed by atoms with Crippen molar-refractivity contribution >= 4 is 50.4 Å². The van der Waals surface area contributed by atoms with Crippen LogP contribution >= 0.6 is 11.8 Å². The number of anilines is 1. The molecule has 2 N–H and O–H groups in total. The second kappa shape index (κ2) is 10.1. The monoisotopic (exact) mass is 496 g/mol. The van der Waals surface area contributed by atoms with Crippen LogP contribution in [0.3, 0.4) is 0 Å². The normalized spacial score (nSPS) is 11.3. The molecule has 0 aliphatic rings. The predicted octanol–water partition coefficient (Wildman–Crippen LogP) is 3.60. The number of amides is 1. The van der Waals surface area contributed by atoms with Crippen LogP contribution in [0.25, 0.3) is 11.0 Å². The summed E-state index contributed by atoms with van der Waals surface area (Å²) in [5.41, 5.74) is 2.03. The molecule has 0 aliphatic heterocycles. The number of para-hydroxylation sites is 2. The zero-order valence-electron chi connectivity index (χ0n) is 18.2. The van der Waals surface area contributed by atoms with Crippen molar-refractivity contribution in [2.24, 2.45) is 0 Å². The maximum Gasteiger partial charge on any atom is 0.338 e. The molecule has 10 heteroatoms. The van der Waals surface area contributed by atoms with Crippen LogP contribution in [-0.4, -0.2) is 37.6 Å². The summed E-state index contributed by atoms with van der Waals surface area (Å²) in [6.07, 6.45) is 0. The predicted molar refractivity (Wildman–Crippen MR) is 129 cm³/mol. The van der Waals surface area contributed by atoms with Gasteiger partial charge in [-0.2, -0.15) is 8.42 Å². The first-order chi connectivity index (χ1) is 16.4. The van der Waals surface area contributed by atoms with E-state index in [1.165, 1.54) is 16.1 Å². The van der Waals surface area contributed by atoms with Gasteiger partial charge in [0.2, 0.25) is 5.91 Å². The van der Waals surface area contributed by atoms with Gasteiger partial charge in [-0.3, -0.25) is 4.79 Å². The molecule has 8 nitrogen and oxygen atoms in total. The number of aromatic amines is 1. The largest absolute Gasteiger partial charge is 0.462 e. The van der Waals surface area contributed by atoms with Gasteiger partial charge in [-0.1, -0.05) is 30.3 Å². The van der Waals surface area contributed by atoms with Crippen molar-refractivity contribution in [3.05, 3.63) is 84.4 Å². The highest BCUT2D eigenvalue weighted by Gasteiger charge is 2.31. The van der Waals surface area contributed by atoms with Gasteiger partial charge in [0.1, 0.15) is 4.90 Å². The molecule has 174 valence electrons. The Morgan fingerprint density at radius 2 is 1.65 bits per heavy atom. The smallest absolute Gasteiger partial charge is 0.338 e. The molecule has 4 rings (SSSR count). The van der Waals surface area contributed by atoms with Gasteiger partial charge >= 0.3 is 21.1 Å². The molecule has 0 fully saturated rings. The first-order valence-corrected chi connectivity index (χ1v) is 12.9. The van der Waals surface area contributed by atoms with Crippen molar-refractivity contribution < 1.29 is 26.7 Å². The van der Waals surface area contributed by atoms with Crippen molar-refractivity contribution in [1.29, 1.82) is 0 Å². The summed E-state index contributed by atoms with van der Waals surface area (Å²) in [6.45, 7) is 2.01. The average molecular weight is 497 g/mol. The Hall–Kier alpha value is -3.63. The van der Waals surface area contributed by atoms with Gasteiger partial charge < -0.3 is 10.1 Å². The van der Waals surface area contributed by atoms with E-state index in [2.05, 4.69) is 10.3 Å². The number of esters is 1. The SMILES string of the molecule is CCOC(=O)c1ccc(NC(=O)CSc2[nH]c3ccccc3[n+]2S(=O)(=O)c2ccccc2)cc1. The van der Waals surface area contributed by atoms with Gasteiger partial charge in [0.15, 0.2) is 11.0 Å². The molecule has 0 saturated carbocycles. The molecule has 0 unspecified atom stereocenters. The number of fused-ring (bicyclic) bond motifs is 1. The standard InChI is InChI=1S/C24H21N3O5S2/c1-2-32-23(29)17-12-14-18(15-13-17)25-22(28)16-33-24-26-20-10-6-7-11-21(20)27(24)34(30,31)19-8-4-3-5-9-19/h3-15H,2,16H2,1H3,(H,25,28,29)/p+1. The van der Waals surface area contributed by atoms with Crippen molar-refractivity contribution in [2.45, 2.75) is 17.0 Å². The number of ether oxygens (including phenoxy) is 1. The Balaban J connectivity index is 1.53. The van der Waals surface area contributed by atoms with Gasteiger partial charge in [-0.15, -0.1) is 3.97 Å². The molecule has 34 heavy (non-hydrogen) atoms. The van der Waals surface area contributed by atoms with Gasteiger partial charge in [-0.05, 0) is 67.2 Å². The van der Waals surface area contributed by atoms with E-state index in [0.29, 0.717) is 27.4 Å². The summed E-state index contributed by atoms with van der Waals surface area (Å²) < 4.78 is 33.0. The van der Waals surface area contributed by atoms with Gasteiger partial charge in [0.25, 0.3) is 0 Å². The number of carbonyl (C=O) groups is 2. The summed E-state index contributed by atoms with van der Waals surface area (Å²) in [7, 11) is -3.89. The maximum absolute atomic E-state index is 13.4. The molecule has 4 aromatic rings. The lowest BCUT2D eigenvalue weighted by molar-refractivity contribution is -0.526. The van der Waals surface area contributed by atoms with E-state index in [1.54, 1.807) is 73.7 Å². The number of hydrogen-bond acceptors (Lipinski definition) is 6. The van der Waals surface area contributed by atoms with E-state index in [-0.39, 0.29) is 23.2 Å². The van der Waals surface area contributed by atoms with E-state index in [0.717, 1.165) is 11.8 Å². The fourth-order valence-electron chi connectivity index (χ4n) is 3.30. The number of nitrogens with zero attached hydrogens (tertiary/aromatic N) is 1. The van der Waals surface area contributed by atoms with Crippen LogP contribution in [0.5, 0.6) is 0 Å². The van der Waals surface area contributed by atoms with E-state index >= 15 is 0 Å². The summed E-state index contributed by atoms with van der Waals surface area (Å²) in [4.78, 5) is 27.6. The van der Waals surface area contributed by atoms with Gasteiger partial charge in [-0.25, -0.2) is 9.78 Å². The van der Waals surface area contributed by atoms with Crippen LogP contribution in [0.15, 0.2) is 88.9 Å². The van der Waals surface area contributed by atoms with Crippen molar-refractivity contribution in [1.82, 2.24) is 4.98 Å². The summed E-state index contributed by atoms with van der Waals surface area (Å²) in [5.74, 6) is -0.786. The van der Waals surface area contributed by atoms with Crippen LogP contribution in [-0.2, 0) is 19.6 Å². The molecule has 0 radical (unpaired) electrons. The van der Waals surface area contributed by atoms with Crippen LogP contribution in [0.1, 0.15) is 17.3 Å². The Morgan fingerprint density at radius 3 is 2.35 bits per heavy atom. The van der Waals surface area contributed by atoms with Crippen molar-refractivity contribution in [2.75, 3.05) is 17.7 Å². The minimum absolute atomic E-state index is 0.0310. The molecule has 3 aromatic carbocycles. The number of imidazole rings is 1. The Bertz CT molecular complexity index is 1430. The number of thioether (sulfide) groups is 1.